The van der Waals surface area contributed by atoms with Gasteiger partial charge in [0, 0.05) is 45.1 Å². The highest BCUT2D eigenvalue weighted by molar-refractivity contribution is 5.69. The fourth-order valence-corrected chi connectivity index (χ4v) is 4.68. The van der Waals surface area contributed by atoms with Crippen molar-refractivity contribution in [3.05, 3.63) is 53.9 Å². The number of benzene rings is 1. The summed E-state index contributed by atoms with van der Waals surface area (Å²) in [4.78, 5) is 27.3. The first-order chi connectivity index (χ1) is 15.9. The van der Waals surface area contributed by atoms with Gasteiger partial charge in [-0.3, -0.25) is 9.80 Å². The Labute approximate surface area is 193 Å². The van der Waals surface area contributed by atoms with Crippen molar-refractivity contribution in [3.63, 3.8) is 0 Å². The molecule has 2 atom stereocenters. The van der Waals surface area contributed by atoms with Gasteiger partial charge >= 0.3 is 6.09 Å². The second-order valence-electron chi connectivity index (χ2n) is 8.97. The Balaban J connectivity index is 1.27. The minimum atomic E-state index is -2.59. The molecule has 0 spiro atoms. The van der Waals surface area contributed by atoms with E-state index in [9.17, 15) is 13.6 Å². The van der Waals surface area contributed by atoms with Crippen LogP contribution in [-0.4, -0.2) is 70.2 Å². The van der Waals surface area contributed by atoms with Gasteiger partial charge in [0.05, 0.1) is 17.6 Å². The fraction of sp³-hybridized carbons (Fsp3) is 0.542. The molecule has 2 aromatic rings. The number of anilines is 1. The van der Waals surface area contributed by atoms with Crippen LogP contribution < -0.4 is 4.90 Å². The molecule has 0 N–H and O–H groups in total. The van der Waals surface area contributed by atoms with Crippen molar-refractivity contribution in [1.29, 1.82) is 0 Å². The summed E-state index contributed by atoms with van der Waals surface area (Å²) in [7, 11) is 0. The number of aromatic nitrogens is 2. The van der Waals surface area contributed by atoms with Gasteiger partial charge in [-0.15, -0.1) is 0 Å². The van der Waals surface area contributed by atoms with E-state index in [1.54, 1.807) is 4.90 Å². The molecule has 2 aliphatic rings. The third-order valence-electron chi connectivity index (χ3n) is 6.37. The molecular formula is C24H31F2N5O2. The summed E-state index contributed by atoms with van der Waals surface area (Å²) in [5.41, 5.74) is 1.10. The molecule has 9 heteroatoms. The third-order valence-corrected chi connectivity index (χ3v) is 6.37. The molecule has 2 fully saturated rings. The van der Waals surface area contributed by atoms with Crippen molar-refractivity contribution < 1.29 is 18.3 Å². The lowest BCUT2D eigenvalue weighted by atomic mass is 10.1. The van der Waals surface area contributed by atoms with Gasteiger partial charge in [0.15, 0.2) is 0 Å². The van der Waals surface area contributed by atoms with E-state index in [2.05, 4.69) is 39.1 Å². The van der Waals surface area contributed by atoms with Crippen molar-refractivity contribution in [2.45, 2.75) is 57.8 Å². The Morgan fingerprint density at radius 3 is 2.24 bits per heavy atom. The minimum Gasteiger partial charge on any atom is -0.446 e. The highest BCUT2D eigenvalue weighted by Gasteiger charge is 2.36. The monoisotopic (exact) mass is 459 g/mol. The fourth-order valence-electron chi connectivity index (χ4n) is 4.68. The Morgan fingerprint density at radius 2 is 1.67 bits per heavy atom. The molecule has 0 bridgehead atoms. The maximum Gasteiger partial charge on any atom is 0.410 e. The van der Waals surface area contributed by atoms with Gasteiger partial charge in [0.1, 0.15) is 6.10 Å². The van der Waals surface area contributed by atoms with E-state index in [0.717, 1.165) is 44.9 Å². The van der Waals surface area contributed by atoms with Crippen LogP contribution in [0, 0.1) is 0 Å². The van der Waals surface area contributed by atoms with E-state index in [0.29, 0.717) is 19.0 Å². The Morgan fingerprint density at radius 1 is 1.06 bits per heavy atom. The SMILES string of the molecule is C[C@@H]1CN(c2ncc(C(F)F)cn2)C[C@H](C)N1C(=O)OC1CCN(Cc2ccccc2)CC1. The zero-order valence-corrected chi connectivity index (χ0v) is 19.1. The van der Waals surface area contributed by atoms with E-state index in [-0.39, 0.29) is 29.8 Å². The lowest BCUT2D eigenvalue weighted by molar-refractivity contribution is 0.00995. The summed E-state index contributed by atoms with van der Waals surface area (Å²) in [6, 6.07) is 10.2. The molecule has 33 heavy (non-hydrogen) atoms. The van der Waals surface area contributed by atoms with Crippen molar-refractivity contribution in [1.82, 2.24) is 19.8 Å². The molecule has 0 saturated carbocycles. The number of nitrogens with zero attached hydrogens (tertiary/aromatic N) is 5. The van der Waals surface area contributed by atoms with Gasteiger partial charge in [0.25, 0.3) is 6.43 Å². The maximum atomic E-state index is 13.0. The zero-order valence-electron chi connectivity index (χ0n) is 19.1. The number of carbonyl (C=O) groups is 1. The highest BCUT2D eigenvalue weighted by atomic mass is 19.3. The van der Waals surface area contributed by atoms with E-state index in [1.807, 2.05) is 24.8 Å². The predicted molar refractivity (Wildman–Crippen MR) is 121 cm³/mol. The van der Waals surface area contributed by atoms with E-state index < -0.39 is 6.43 Å². The quantitative estimate of drug-likeness (QED) is 0.671. The van der Waals surface area contributed by atoms with Crippen LogP contribution in [0.25, 0.3) is 0 Å². The molecule has 2 aliphatic heterocycles. The second kappa shape index (κ2) is 10.4. The smallest absolute Gasteiger partial charge is 0.410 e. The number of hydrogen-bond acceptors (Lipinski definition) is 6. The van der Waals surface area contributed by atoms with Crippen molar-refractivity contribution >= 4 is 12.0 Å². The van der Waals surface area contributed by atoms with Crippen LogP contribution in [0.4, 0.5) is 19.5 Å². The third kappa shape index (κ3) is 5.76. The molecule has 1 aromatic carbocycles. The van der Waals surface area contributed by atoms with Crippen molar-refractivity contribution in [2.24, 2.45) is 0 Å². The summed E-state index contributed by atoms with van der Waals surface area (Å²) in [6.07, 6.45) is 1.02. The number of halogens is 2. The van der Waals surface area contributed by atoms with Crippen LogP contribution in [-0.2, 0) is 11.3 Å². The molecule has 178 valence electrons. The average Bonchev–Trinajstić information content (AvgIpc) is 2.80. The number of likely N-dealkylation sites (tertiary alicyclic amines) is 1. The molecule has 4 rings (SSSR count). The van der Waals surface area contributed by atoms with E-state index in [4.69, 9.17) is 4.74 Å². The Bertz CT molecular complexity index is 895. The molecule has 0 radical (unpaired) electrons. The van der Waals surface area contributed by atoms with Crippen molar-refractivity contribution in [3.8, 4) is 0 Å². The summed E-state index contributed by atoms with van der Waals surface area (Å²) < 4.78 is 31.4. The molecule has 0 aliphatic carbocycles. The Kier molecular flexibility index (Phi) is 7.37. The normalized spacial score (nSPS) is 22.6. The molecule has 1 amide bonds. The van der Waals surface area contributed by atoms with Crippen LogP contribution in [0.1, 0.15) is 44.2 Å². The number of amides is 1. The topological polar surface area (TPSA) is 61.8 Å². The van der Waals surface area contributed by atoms with Crippen LogP contribution >= 0.6 is 0 Å². The van der Waals surface area contributed by atoms with Gasteiger partial charge < -0.3 is 9.64 Å². The van der Waals surface area contributed by atoms with Gasteiger partial charge in [-0.1, -0.05) is 30.3 Å². The van der Waals surface area contributed by atoms with Crippen molar-refractivity contribution in [2.75, 3.05) is 31.1 Å². The first-order valence-corrected chi connectivity index (χ1v) is 11.5. The highest BCUT2D eigenvalue weighted by Crippen LogP contribution is 2.24. The van der Waals surface area contributed by atoms with Crippen LogP contribution in [0.15, 0.2) is 42.7 Å². The summed E-state index contributed by atoms with van der Waals surface area (Å²) >= 11 is 0. The van der Waals surface area contributed by atoms with Crippen LogP contribution in [0.5, 0.6) is 0 Å². The number of rotatable bonds is 5. The van der Waals surface area contributed by atoms with E-state index in [1.165, 1.54) is 5.56 Å². The number of piperidine rings is 1. The van der Waals surface area contributed by atoms with Gasteiger partial charge in [0.2, 0.25) is 5.95 Å². The molecule has 0 unspecified atom stereocenters. The Hall–Kier alpha value is -2.81. The van der Waals surface area contributed by atoms with Gasteiger partial charge in [-0.25, -0.2) is 23.5 Å². The molecule has 7 nitrogen and oxygen atoms in total. The standard InChI is InChI=1S/C24H31F2N5O2/c1-17-14-30(23-27-12-20(13-28-23)22(25)26)15-18(2)31(17)24(32)33-21-8-10-29(11-9-21)16-19-6-4-3-5-7-19/h3-7,12-13,17-18,21-22H,8-11,14-16H2,1-2H3/t17-,18+. The largest absolute Gasteiger partial charge is 0.446 e. The summed E-state index contributed by atoms with van der Waals surface area (Å²) in [5.74, 6) is 0.400. The first-order valence-electron chi connectivity index (χ1n) is 11.5. The molecule has 2 saturated heterocycles. The number of carbonyl (C=O) groups excluding carboxylic acids is 1. The first kappa shape index (κ1) is 23.4. The molecular weight excluding hydrogens is 428 g/mol. The number of hydrogen-bond donors (Lipinski definition) is 0. The van der Waals surface area contributed by atoms with Crippen LogP contribution in [0.3, 0.4) is 0 Å². The number of alkyl halides is 2. The predicted octanol–water partition coefficient (Wildman–Crippen LogP) is 4.11. The van der Waals surface area contributed by atoms with Gasteiger partial charge in [-0.05, 0) is 32.3 Å². The summed E-state index contributed by atoms with van der Waals surface area (Å²) in [6.45, 7) is 7.67. The van der Waals surface area contributed by atoms with Gasteiger partial charge in [-0.2, -0.15) is 0 Å². The second-order valence-corrected chi connectivity index (χ2v) is 8.97. The lowest BCUT2D eigenvalue weighted by Gasteiger charge is -2.44. The number of ether oxygens (including phenoxy) is 1. The number of piperazine rings is 1. The lowest BCUT2D eigenvalue weighted by Crippen LogP contribution is -2.59. The average molecular weight is 460 g/mol. The molecule has 1 aromatic heterocycles. The zero-order chi connectivity index (χ0) is 23.4. The summed E-state index contributed by atoms with van der Waals surface area (Å²) in [5, 5.41) is 0. The maximum absolute atomic E-state index is 13.0. The van der Waals surface area contributed by atoms with Crippen LogP contribution in [0.2, 0.25) is 0 Å². The minimum absolute atomic E-state index is 0.0767. The molecule has 3 heterocycles. The van der Waals surface area contributed by atoms with E-state index >= 15 is 0 Å².